The number of aromatic amines is 1. The largest absolute Gasteiger partial charge is 0.356 e. The van der Waals surface area contributed by atoms with Crippen LogP contribution in [0.3, 0.4) is 0 Å². The number of fused-ring (bicyclic) bond motifs is 1. The van der Waals surface area contributed by atoms with Crippen molar-refractivity contribution in [1.82, 2.24) is 14.8 Å². The molecule has 1 aliphatic heterocycles. The van der Waals surface area contributed by atoms with Crippen molar-refractivity contribution in [3.63, 3.8) is 0 Å². The van der Waals surface area contributed by atoms with Gasteiger partial charge >= 0.3 is 0 Å². The summed E-state index contributed by atoms with van der Waals surface area (Å²) in [5.74, 6) is 0.785. The second kappa shape index (κ2) is 5.76. The third-order valence-corrected chi connectivity index (χ3v) is 4.52. The van der Waals surface area contributed by atoms with Crippen molar-refractivity contribution in [3.8, 4) is 0 Å². The van der Waals surface area contributed by atoms with Crippen LogP contribution in [0.25, 0.3) is 10.9 Å². The molecule has 2 heterocycles. The van der Waals surface area contributed by atoms with Gasteiger partial charge in [0, 0.05) is 36.2 Å². The molecule has 0 radical (unpaired) electrons. The Hall–Kier alpha value is -1.03. The summed E-state index contributed by atoms with van der Waals surface area (Å²) in [6.07, 6.45) is 1.29. The number of nitrogens with zero attached hydrogens (tertiary/aromatic N) is 2. The second-order valence-electron chi connectivity index (χ2n) is 6.12. The minimum absolute atomic E-state index is 0.785. The van der Waals surface area contributed by atoms with Crippen LogP contribution in [-0.2, 0) is 6.54 Å². The van der Waals surface area contributed by atoms with Gasteiger partial charge in [-0.3, -0.25) is 4.90 Å². The molecule has 1 fully saturated rings. The van der Waals surface area contributed by atoms with Gasteiger partial charge < -0.3 is 9.88 Å². The lowest BCUT2D eigenvalue weighted by Gasteiger charge is -2.18. The zero-order valence-electron chi connectivity index (χ0n) is 12.2. The minimum Gasteiger partial charge on any atom is -0.356 e. The van der Waals surface area contributed by atoms with Crippen LogP contribution in [0.5, 0.6) is 0 Å². The van der Waals surface area contributed by atoms with Crippen LogP contribution in [0.15, 0.2) is 24.3 Å². The zero-order chi connectivity index (χ0) is 14.1. The molecule has 1 atom stereocenters. The van der Waals surface area contributed by atoms with E-state index >= 15 is 0 Å². The topological polar surface area (TPSA) is 22.3 Å². The third-order valence-electron chi connectivity index (χ3n) is 4.09. The maximum Gasteiger partial charge on any atom is 0.0705 e. The second-order valence-corrected chi connectivity index (χ2v) is 6.49. The van der Waals surface area contributed by atoms with Gasteiger partial charge in [-0.15, -0.1) is 0 Å². The molecule has 3 rings (SSSR count). The molecule has 1 unspecified atom stereocenters. The van der Waals surface area contributed by atoms with E-state index in [4.69, 9.17) is 11.6 Å². The van der Waals surface area contributed by atoms with Gasteiger partial charge in [0.05, 0.1) is 5.02 Å². The quantitative estimate of drug-likeness (QED) is 0.934. The molecule has 20 heavy (non-hydrogen) atoms. The Morgan fingerprint density at radius 2 is 2.15 bits per heavy atom. The predicted octanol–water partition coefficient (Wildman–Crippen LogP) is 3.20. The van der Waals surface area contributed by atoms with Crippen molar-refractivity contribution in [2.45, 2.75) is 13.0 Å². The first-order chi connectivity index (χ1) is 9.63. The normalized spacial score (nSPS) is 20.3. The van der Waals surface area contributed by atoms with Crippen LogP contribution in [0.2, 0.25) is 5.02 Å². The van der Waals surface area contributed by atoms with Gasteiger partial charge in [0.2, 0.25) is 0 Å². The average molecular weight is 292 g/mol. The third kappa shape index (κ3) is 2.85. The van der Waals surface area contributed by atoms with E-state index in [1.165, 1.54) is 26.1 Å². The highest BCUT2D eigenvalue weighted by molar-refractivity contribution is 6.36. The highest BCUT2D eigenvalue weighted by atomic mass is 35.5. The first kappa shape index (κ1) is 13.9. The molecule has 0 bridgehead atoms. The Bertz CT molecular complexity index is 590. The van der Waals surface area contributed by atoms with E-state index in [9.17, 15) is 0 Å². The fourth-order valence-corrected chi connectivity index (χ4v) is 3.49. The van der Waals surface area contributed by atoms with E-state index in [1.807, 2.05) is 12.1 Å². The molecule has 1 N–H and O–H groups in total. The number of para-hydroxylation sites is 1. The molecule has 1 saturated heterocycles. The monoisotopic (exact) mass is 291 g/mol. The van der Waals surface area contributed by atoms with E-state index < -0.39 is 0 Å². The molecular weight excluding hydrogens is 270 g/mol. The van der Waals surface area contributed by atoms with Crippen molar-refractivity contribution >= 4 is 22.5 Å². The molecule has 108 valence electrons. The van der Waals surface area contributed by atoms with Crippen molar-refractivity contribution in [2.75, 3.05) is 33.7 Å². The highest BCUT2D eigenvalue weighted by Crippen LogP contribution is 2.29. The van der Waals surface area contributed by atoms with E-state index in [0.29, 0.717) is 0 Å². The average Bonchev–Trinajstić information content (AvgIpc) is 2.96. The molecule has 3 nitrogen and oxygen atoms in total. The maximum atomic E-state index is 6.49. The summed E-state index contributed by atoms with van der Waals surface area (Å²) < 4.78 is 0. The fourth-order valence-electron chi connectivity index (χ4n) is 3.22. The van der Waals surface area contributed by atoms with E-state index in [2.05, 4.69) is 41.0 Å². The van der Waals surface area contributed by atoms with Gasteiger partial charge in [0.15, 0.2) is 0 Å². The minimum atomic E-state index is 0.785. The van der Waals surface area contributed by atoms with Crippen LogP contribution in [0, 0.1) is 5.92 Å². The summed E-state index contributed by atoms with van der Waals surface area (Å²) in [6.45, 7) is 4.45. The van der Waals surface area contributed by atoms with Crippen LogP contribution in [-0.4, -0.2) is 48.5 Å². The van der Waals surface area contributed by atoms with Gasteiger partial charge in [0.25, 0.3) is 0 Å². The molecule has 1 aromatic carbocycles. The Balaban J connectivity index is 1.70. The molecule has 0 spiro atoms. The Morgan fingerprint density at radius 1 is 1.35 bits per heavy atom. The van der Waals surface area contributed by atoms with Gasteiger partial charge in [0.1, 0.15) is 0 Å². The summed E-state index contributed by atoms with van der Waals surface area (Å²) in [4.78, 5) is 8.25. The lowest BCUT2D eigenvalue weighted by molar-refractivity contribution is 0.284. The van der Waals surface area contributed by atoms with Crippen molar-refractivity contribution in [3.05, 3.63) is 35.0 Å². The summed E-state index contributed by atoms with van der Waals surface area (Å²) >= 11 is 6.49. The standard InChI is InChI=1S/C16H22ClN3/c1-19(2)9-12-7-8-20(10-12)11-15-16(17)13-5-3-4-6-14(13)18-15/h3-6,12,18H,7-11H2,1-2H3. The molecule has 0 saturated carbocycles. The van der Waals surface area contributed by atoms with Crippen molar-refractivity contribution in [1.29, 1.82) is 0 Å². The summed E-state index contributed by atoms with van der Waals surface area (Å²) in [5, 5.41) is 2.02. The zero-order valence-corrected chi connectivity index (χ0v) is 13.0. The predicted molar refractivity (Wildman–Crippen MR) is 85.2 cm³/mol. The van der Waals surface area contributed by atoms with Crippen LogP contribution in [0.4, 0.5) is 0 Å². The number of benzene rings is 1. The fraction of sp³-hybridized carbons (Fsp3) is 0.500. The molecule has 1 aromatic heterocycles. The lowest BCUT2D eigenvalue weighted by atomic mass is 10.1. The molecule has 4 heteroatoms. The molecule has 1 aliphatic rings. The SMILES string of the molecule is CN(C)CC1CCN(Cc2[nH]c3ccccc3c2Cl)C1. The van der Waals surface area contributed by atoms with E-state index in [1.54, 1.807) is 0 Å². The maximum absolute atomic E-state index is 6.49. The first-order valence-electron chi connectivity index (χ1n) is 7.25. The molecule has 0 amide bonds. The number of nitrogens with one attached hydrogen (secondary N) is 1. The van der Waals surface area contributed by atoms with Crippen molar-refractivity contribution in [2.24, 2.45) is 5.92 Å². The number of rotatable bonds is 4. The number of aromatic nitrogens is 1. The van der Waals surface area contributed by atoms with Crippen LogP contribution < -0.4 is 0 Å². The van der Waals surface area contributed by atoms with Crippen LogP contribution >= 0.6 is 11.6 Å². The van der Waals surface area contributed by atoms with Gasteiger partial charge in [-0.25, -0.2) is 0 Å². The molecular formula is C16H22ClN3. The highest BCUT2D eigenvalue weighted by Gasteiger charge is 2.24. The number of hydrogen-bond acceptors (Lipinski definition) is 2. The van der Waals surface area contributed by atoms with Gasteiger partial charge in [-0.2, -0.15) is 0 Å². The van der Waals surface area contributed by atoms with Gasteiger partial charge in [-0.05, 0) is 39.0 Å². The number of halogens is 1. The lowest BCUT2D eigenvalue weighted by Crippen LogP contribution is -2.25. The number of H-pyrrole nitrogens is 1. The first-order valence-corrected chi connectivity index (χ1v) is 7.63. The van der Waals surface area contributed by atoms with Crippen molar-refractivity contribution < 1.29 is 0 Å². The molecule has 2 aromatic rings. The van der Waals surface area contributed by atoms with E-state index in [0.717, 1.165) is 34.1 Å². The molecule has 0 aliphatic carbocycles. The number of hydrogen-bond donors (Lipinski definition) is 1. The van der Waals surface area contributed by atoms with Crippen LogP contribution in [0.1, 0.15) is 12.1 Å². The summed E-state index contributed by atoms with van der Waals surface area (Å²) in [7, 11) is 4.30. The van der Waals surface area contributed by atoms with Gasteiger partial charge in [-0.1, -0.05) is 29.8 Å². The summed E-state index contributed by atoms with van der Waals surface area (Å²) in [6, 6.07) is 8.25. The Kier molecular flexibility index (Phi) is 4.01. The Labute approximate surface area is 125 Å². The number of likely N-dealkylation sites (tertiary alicyclic amines) is 1. The summed E-state index contributed by atoms with van der Waals surface area (Å²) in [5.41, 5.74) is 2.29. The Morgan fingerprint density at radius 3 is 2.90 bits per heavy atom. The van der Waals surface area contributed by atoms with E-state index in [-0.39, 0.29) is 0 Å². The smallest absolute Gasteiger partial charge is 0.0705 e.